The number of para-hydroxylation sites is 2. The molecule has 0 bridgehead atoms. The molecule has 5 aromatic carbocycles. The van der Waals surface area contributed by atoms with E-state index in [0.29, 0.717) is 5.82 Å². The molecular weight excluding hydrogens is 462 g/mol. The van der Waals surface area contributed by atoms with Gasteiger partial charge < -0.3 is 0 Å². The van der Waals surface area contributed by atoms with Gasteiger partial charge in [-0.15, -0.1) is 0 Å². The Labute approximate surface area is 221 Å². The van der Waals surface area contributed by atoms with Gasteiger partial charge in [0.2, 0.25) is 0 Å². The third-order valence-electron chi connectivity index (χ3n) is 6.91. The molecule has 178 valence electrons. The van der Waals surface area contributed by atoms with Crippen LogP contribution >= 0.6 is 0 Å². The Morgan fingerprint density at radius 3 is 1.76 bits per heavy atom. The highest BCUT2D eigenvalue weighted by atomic mass is 14.9. The van der Waals surface area contributed by atoms with Crippen molar-refractivity contribution >= 4 is 21.8 Å². The van der Waals surface area contributed by atoms with Gasteiger partial charge in [0.25, 0.3) is 0 Å². The van der Waals surface area contributed by atoms with Crippen LogP contribution in [0.5, 0.6) is 0 Å². The maximum absolute atomic E-state index is 5.04. The highest BCUT2D eigenvalue weighted by Crippen LogP contribution is 2.34. The van der Waals surface area contributed by atoms with Gasteiger partial charge in [-0.25, -0.2) is 15.0 Å². The van der Waals surface area contributed by atoms with Crippen LogP contribution < -0.4 is 0 Å². The molecule has 3 heteroatoms. The summed E-state index contributed by atoms with van der Waals surface area (Å²) in [6.07, 6.45) is 0. The first-order chi connectivity index (χ1) is 18.8. The molecule has 0 atom stereocenters. The lowest BCUT2D eigenvalue weighted by molar-refractivity contribution is 1.21. The molecule has 0 N–H and O–H groups in total. The minimum Gasteiger partial charge on any atom is -0.246 e. The summed E-state index contributed by atoms with van der Waals surface area (Å²) in [5.74, 6) is 0.691. The van der Waals surface area contributed by atoms with Gasteiger partial charge in [-0.05, 0) is 40.5 Å². The Bertz CT molecular complexity index is 1910. The lowest BCUT2D eigenvalue weighted by atomic mass is 9.94. The summed E-state index contributed by atoms with van der Waals surface area (Å²) >= 11 is 0. The first-order valence-corrected chi connectivity index (χ1v) is 12.7. The summed E-state index contributed by atoms with van der Waals surface area (Å²) in [7, 11) is 0. The Hall–Kier alpha value is -5.15. The smallest absolute Gasteiger partial charge is 0.160 e. The number of hydrogen-bond acceptors (Lipinski definition) is 3. The van der Waals surface area contributed by atoms with E-state index < -0.39 is 0 Å². The zero-order chi connectivity index (χ0) is 25.3. The van der Waals surface area contributed by atoms with Crippen molar-refractivity contribution in [2.45, 2.75) is 0 Å². The molecule has 0 radical (unpaired) electrons. The lowest BCUT2D eigenvalue weighted by Gasteiger charge is -2.12. The molecular formula is C35H23N3. The largest absolute Gasteiger partial charge is 0.246 e. The number of fused-ring (bicyclic) bond motifs is 2. The number of pyridine rings is 1. The SMILES string of the molecule is c1ccc(-c2ccccc2-c2ccc(-c3nc(-c4ccc5ccccc5n4)c4ccccc4n3)cc2)cc1. The van der Waals surface area contributed by atoms with E-state index in [4.69, 9.17) is 15.0 Å². The predicted molar refractivity (Wildman–Crippen MR) is 157 cm³/mol. The molecule has 38 heavy (non-hydrogen) atoms. The van der Waals surface area contributed by atoms with Gasteiger partial charge in [0, 0.05) is 16.3 Å². The third-order valence-corrected chi connectivity index (χ3v) is 6.91. The van der Waals surface area contributed by atoms with E-state index >= 15 is 0 Å². The summed E-state index contributed by atoms with van der Waals surface area (Å²) in [5, 5.41) is 2.11. The molecule has 0 saturated carbocycles. The van der Waals surface area contributed by atoms with Crippen molar-refractivity contribution in [1.82, 2.24) is 15.0 Å². The molecule has 0 spiro atoms. The van der Waals surface area contributed by atoms with Gasteiger partial charge in [0.1, 0.15) is 5.69 Å². The predicted octanol–water partition coefficient (Wildman–Crippen LogP) is 8.85. The van der Waals surface area contributed by atoms with Crippen LogP contribution in [0.25, 0.3) is 66.8 Å². The van der Waals surface area contributed by atoms with Crippen LogP contribution in [0.1, 0.15) is 0 Å². The second kappa shape index (κ2) is 9.38. The fourth-order valence-electron chi connectivity index (χ4n) is 5.00. The summed E-state index contributed by atoms with van der Waals surface area (Å²) < 4.78 is 0. The van der Waals surface area contributed by atoms with Crippen molar-refractivity contribution in [3.8, 4) is 45.0 Å². The highest BCUT2D eigenvalue weighted by Gasteiger charge is 2.14. The molecule has 0 unspecified atom stereocenters. The summed E-state index contributed by atoms with van der Waals surface area (Å²) in [4.78, 5) is 14.9. The van der Waals surface area contributed by atoms with Crippen LogP contribution in [0.2, 0.25) is 0 Å². The van der Waals surface area contributed by atoms with Gasteiger partial charge in [0.15, 0.2) is 5.82 Å². The van der Waals surface area contributed by atoms with Crippen LogP contribution in [0, 0.1) is 0 Å². The van der Waals surface area contributed by atoms with Gasteiger partial charge in [0.05, 0.1) is 16.7 Å². The Kier molecular flexibility index (Phi) is 5.45. The average Bonchev–Trinajstić information content (AvgIpc) is 3.01. The second-order valence-corrected chi connectivity index (χ2v) is 9.29. The molecule has 2 heterocycles. The molecule has 0 fully saturated rings. The fourth-order valence-corrected chi connectivity index (χ4v) is 5.00. The molecule has 7 rings (SSSR count). The second-order valence-electron chi connectivity index (χ2n) is 9.29. The number of aromatic nitrogens is 3. The Balaban J connectivity index is 1.33. The maximum Gasteiger partial charge on any atom is 0.160 e. The molecule has 0 amide bonds. The van der Waals surface area contributed by atoms with E-state index in [2.05, 4.69) is 91.0 Å². The summed E-state index contributed by atoms with van der Waals surface area (Å²) in [6, 6.07) is 48.0. The number of rotatable bonds is 4. The minimum absolute atomic E-state index is 0.691. The topological polar surface area (TPSA) is 38.7 Å². The van der Waals surface area contributed by atoms with E-state index in [0.717, 1.165) is 44.3 Å². The highest BCUT2D eigenvalue weighted by molar-refractivity contribution is 5.94. The van der Waals surface area contributed by atoms with Crippen LogP contribution in [0.4, 0.5) is 0 Å². The quantitative estimate of drug-likeness (QED) is 0.250. The van der Waals surface area contributed by atoms with Crippen LogP contribution in [-0.2, 0) is 0 Å². The molecule has 2 aromatic heterocycles. The van der Waals surface area contributed by atoms with Crippen LogP contribution in [0.15, 0.2) is 140 Å². The van der Waals surface area contributed by atoms with Gasteiger partial charge in [-0.3, -0.25) is 0 Å². The maximum atomic E-state index is 5.04. The Morgan fingerprint density at radius 2 is 0.974 bits per heavy atom. The lowest BCUT2D eigenvalue weighted by Crippen LogP contribution is -1.97. The third kappa shape index (κ3) is 4.00. The Morgan fingerprint density at radius 1 is 0.368 bits per heavy atom. The van der Waals surface area contributed by atoms with Crippen molar-refractivity contribution in [1.29, 1.82) is 0 Å². The van der Waals surface area contributed by atoms with Gasteiger partial charge >= 0.3 is 0 Å². The molecule has 7 aromatic rings. The van der Waals surface area contributed by atoms with Crippen LogP contribution in [-0.4, -0.2) is 15.0 Å². The summed E-state index contributed by atoms with van der Waals surface area (Å²) in [5.41, 5.74) is 9.29. The van der Waals surface area contributed by atoms with Crippen molar-refractivity contribution < 1.29 is 0 Å². The van der Waals surface area contributed by atoms with Crippen molar-refractivity contribution in [3.63, 3.8) is 0 Å². The first-order valence-electron chi connectivity index (χ1n) is 12.7. The normalized spacial score (nSPS) is 11.2. The van der Waals surface area contributed by atoms with Crippen molar-refractivity contribution in [3.05, 3.63) is 140 Å². The summed E-state index contributed by atoms with van der Waals surface area (Å²) in [6.45, 7) is 0. The van der Waals surface area contributed by atoms with Crippen molar-refractivity contribution in [2.75, 3.05) is 0 Å². The minimum atomic E-state index is 0.691. The molecule has 0 aliphatic heterocycles. The van der Waals surface area contributed by atoms with Crippen molar-refractivity contribution in [2.24, 2.45) is 0 Å². The van der Waals surface area contributed by atoms with E-state index in [1.165, 1.54) is 16.7 Å². The standard InChI is InChI=1S/C35H23N3/c1-2-10-24(11-3-1)28-13-5-6-14-29(28)25-18-20-27(21-19-25)35-37-32-17-9-7-15-30(32)34(38-35)33-23-22-26-12-4-8-16-31(26)36-33/h1-23H. The average molecular weight is 486 g/mol. The molecule has 0 saturated heterocycles. The number of benzene rings is 5. The monoisotopic (exact) mass is 485 g/mol. The first kappa shape index (κ1) is 22.1. The number of hydrogen-bond donors (Lipinski definition) is 0. The van der Waals surface area contributed by atoms with Gasteiger partial charge in [-0.2, -0.15) is 0 Å². The molecule has 3 nitrogen and oxygen atoms in total. The zero-order valence-corrected chi connectivity index (χ0v) is 20.6. The van der Waals surface area contributed by atoms with E-state index in [1.54, 1.807) is 0 Å². The van der Waals surface area contributed by atoms with E-state index in [1.807, 2.05) is 48.5 Å². The zero-order valence-electron chi connectivity index (χ0n) is 20.6. The van der Waals surface area contributed by atoms with E-state index in [9.17, 15) is 0 Å². The van der Waals surface area contributed by atoms with Crippen LogP contribution in [0.3, 0.4) is 0 Å². The molecule has 0 aliphatic carbocycles. The number of nitrogens with zero attached hydrogens (tertiary/aromatic N) is 3. The molecule has 0 aliphatic rings. The van der Waals surface area contributed by atoms with Gasteiger partial charge in [-0.1, -0.05) is 121 Å². The fraction of sp³-hybridized carbons (Fsp3) is 0. The van der Waals surface area contributed by atoms with E-state index in [-0.39, 0.29) is 0 Å².